The van der Waals surface area contributed by atoms with Gasteiger partial charge < -0.3 is 10.2 Å². The summed E-state index contributed by atoms with van der Waals surface area (Å²) in [5.74, 6) is 0. The van der Waals surface area contributed by atoms with Crippen LogP contribution in [0.1, 0.15) is 6.92 Å². The topological polar surface area (TPSA) is 18.5 Å². The van der Waals surface area contributed by atoms with E-state index in [1.54, 1.807) is 0 Å². The van der Waals surface area contributed by atoms with E-state index in [2.05, 4.69) is 69.3 Å². The van der Waals surface area contributed by atoms with Crippen LogP contribution in [-0.4, -0.2) is 50.7 Å². The van der Waals surface area contributed by atoms with Crippen molar-refractivity contribution in [3.63, 3.8) is 0 Å². The van der Waals surface area contributed by atoms with Crippen LogP contribution in [0.2, 0.25) is 0 Å². The molecule has 0 bridgehead atoms. The number of piperazine rings is 1. The van der Waals surface area contributed by atoms with Crippen molar-refractivity contribution in [2.24, 2.45) is 0 Å². The number of nitrogens with one attached hydrogen (secondary N) is 1. The van der Waals surface area contributed by atoms with Crippen LogP contribution in [0.4, 0.5) is 5.69 Å². The molecule has 1 saturated heterocycles. The molecular formula is C14H22BrN3. The lowest BCUT2D eigenvalue weighted by atomic mass is 10.1. The van der Waals surface area contributed by atoms with Crippen LogP contribution in [0.3, 0.4) is 0 Å². The summed E-state index contributed by atoms with van der Waals surface area (Å²) in [5.41, 5.74) is 1.31. The molecule has 2 rings (SSSR count). The molecule has 100 valence electrons. The largest absolute Gasteiger partial charge is 0.368 e. The van der Waals surface area contributed by atoms with E-state index in [-0.39, 0.29) is 0 Å². The Hall–Kier alpha value is -0.580. The average molecular weight is 312 g/mol. The molecule has 2 unspecified atom stereocenters. The first-order valence-electron chi connectivity index (χ1n) is 6.49. The molecule has 3 nitrogen and oxygen atoms in total. The minimum absolute atomic E-state index is 0.567. The predicted molar refractivity (Wildman–Crippen MR) is 81.3 cm³/mol. The Bertz CT molecular complexity index is 396. The van der Waals surface area contributed by atoms with Gasteiger partial charge in [0.2, 0.25) is 0 Å². The van der Waals surface area contributed by atoms with Crippen molar-refractivity contribution in [2.45, 2.75) is 19.0 Å². The molecule has 1 fully saturated rings. The molecule has 0 saturated carbocycles. The van der Waals surface area contributed by atoms with E-state index in [1.807, 2.05) is 7.05 Å². The highest BCUT2D eigenvalue weighted by molar-refractivity contribution is 9.10. The first-order valence-corrected chi connectivity index (χ1v) is 7.28. The summed E-state index contributed by atoms with van der Waals surface area (Å²) in [6.45, 7) is 5.50. The maximum absolute atomic E-state index is 3.55. The third-order valence-corrected chi connectivity index (χ3v) is 4.29. The Morgan fingerprint density at radius 3 is 2.83 bits per heavy atom. The second-order valence-electron chi connectivity index (χ2n) is 5.11. The highest BCUT2D eigenvalue weighted by Gasteiger charge is 2.28. The van der Waals surface area contributed by atoms with Gasteiger partial charge in [-0.3, -0.25) is 4.90 Å². The number of likely N-dealkylation sites (N-methyl/N-ethyl adjacent to an activating group) is 2. The van der Waals surface area contributed by atoms with Gasteiger partial charge in [-0.05, 0) is 39.2 Å². The minimum atomic E-state index is 0.567. The summed E-state index contributed by atoms with van der Waals surface area (Å²) in [7, 11) is 4.25. The molecule has 4 heteroatoms. The normalized spacial score (nSPS) is 25.4. The quantitative estimate of drug-likeness (QED) is 0.923. The summed E-state index contributed by atoms with van der Waals surface area (Å²) >= 11 is 3.55. The lowest BCUT2D eigenvalue weighted by Gasteiger charge is -2.45. The van der Waals surface area contributed by atoms with Gasteiger partial charge in [0.05, 0.1) is 0 Å². The van der Waals surface area contributed by atoms with Gasteiger partial charge in [-0.1, -0.05) is 22.0 Å². The lowest BCUT2D eigenvalue weighted by Crippen LogP contribution is -2.58. The monoisotopic (exact) mass is 311 g/mol. The van der Waals surface area contributed by atoms with Crippen LogP contribution in [-0.2, 0) is 0 Å². The maximum Gasteiger partial charge on any atom is 0.0396 e. The zero-order chi connectivity index (χ0) is 13.1. The predicted octanol–water partition coefficient (Wildman–Crippen LogP) is 2.18. The van der Waals surface area contributed by atoms with Crippen molar-refractivity contribution in [2.75, 3.05) is 38.6 Å². The number of halogens is 1. The van der Waals surface area contributed by atoms with Gasteiger partial charge in [0.15, 0.2) is 0 Å². The summed E-state index contributed by atoms with van der Waals surface area (Å²) in [6.07, 6.45) is 0. The fraction of sp³-hybridized carbons (Fsp3) is 0.571. The Morgan fingerprint density at radius 1 is 1.39 bits per heavy atom. The van der Waals surface area contributed by atoms with Gasteiger partial charge in [0.25, 0.3) is 0 Å². The van der Waals surface area contributed by atoms with Crippen molar-refractivity contribution in [1.29, 1.82) is 0 Å². The second kappa shape index (κ2) is 6.04. The molecule has 0 aliphatic carbocycles. The Morgan fingerprint density at radius 2 is 2.17 bits per heavy atom. The van der Waals surface area contributed by atoms with E-state index in [1.165, 1.54) is 5.69 Å². The summed E-state index contributed by atoms with van der Waals surface area (Å²) in [6, 6.07) is 9.73. The number of hydrogen-bond donors (Lipinski definition) is 1. The van der Waals surface area contributed by atoms with Crippen LogP contribution in [0.15, 0.2) is 28.7 Å². The number of hydrogen-bond acceptors (Lipinski definition) is 3. The van der Waals surface area contributed by atoms with Gasteiger partial charge in [-0.25, -0.2) is 0 Å². The maximum atomic E-state index is 3.55. The van der Waals surface area contributed by atoms with Crippen molar-refractivity contribution >= 4 is 21.6 Å². The molecule has 0 radical (unpaired) electrons. The minimum Gasteiger partial charge on any atom is -0.368 e. The molecule has 0 spiro atoms. The Kier molecular flexibility index (Phi) is 4.65. The molecule has 1 aliphatic heterocycles. The van der Waals surface area contributed by atoms with E-state index < -0.39 is 0 Å². The van der Waals surface area contributed by atoms with E-state index in [9.17, 15) is 0 Å². The molecule has 1 aliphatic rings. The number of rotatable bonds is 3. The summed E-state index contributed by atoms with van der Waals surface area (Å²) in [5, 5.41) is 3.29. The zero-order valence-corrected chi connectivity index (χ0v) is 12.9. The molecule has 1 aromatic carbocycles. The number of nitrogens with zero attached hydrogens (tertiary/aromatic N) is 2. The average Bonchev–Trinajstić information content (AvgIpc) is 2.35. The van der Waals surface area contributed by atoms with Crippen LogP contribution in [0.5, 0.6) is 0 Å². The highest BCUT2D eigenvalue weighted by atomic mass is 79.9. The molecule has 1 N–H and O–H groups in total. The Labute approximate surface area is 118 Å². The van der Waals surface area contributed by atoms with Gasteiger partial charge in [-0.15, -0.1) is 0 Å². The van der Waals surface area contributed by atoms with Crippen molar-refractivity contribution < 1.29 is 0 Å². The Balaban J connectivity index is 2.14. The van der Waals surface area contributed by atoms with Crippen molar-refractivity contribution in [3.8, 4) is 0 Å². The highest BCUT2D eigenvalue weighted by Crippen LogP contribution is 2.24. The molecule has 2 atom stereocenters. The van der Waals surface area contributed by atoms with Gasteiger partial charge in [0.1, 0.15) is 0 Å². The molecule has 18 heavy (non-hydrogen) atoms. The van der Waals surface area contributed by atoms with E-state index in [0.29, 0.717) is 12.1 Å². The number of benzene rings is 1. The van der Waals surface area contributed by atoms with E-state index >= 15 is 0 Å². The SMILES string of the molecule is CNCC1CN(c2cccc(Br)c2)CC(C)N1C. The van der Waals surface area contributed by atoms with Crippen LogP contribution >= 0.6 is 15.9 Å². The van der Waals surface area contributed by atoms with Gasteiger partial charge in [-0.2, -0.15) is 0 Å². The lowest BCUT2D eigenvalue weighted by molar-refractivity contribution is 0.157. The van der Waals surface area contributed by atoms with Crippen LogP contribution < -0.4 is 10.2 Å². The van der Waals surface area contributed by atoms with Crippen LogP contribution in [0, 0.1) is 0 Å². The molecule has 0 amide bonds. The summed E-state index contributed by atoms with van der Waals surface area (Å²) < 4.78 is 1.15. The fourth-order valence-electron chi connectivity index (χ4n) is 2.59. The van der Waals surface area contributed by atoms with Crippen molar-refractivity contribution in [3.05, 3.63) is 28.7 Å². The van der Waals surface area contributed by atoms with Gasteiger partial charge >= 0.3 is 0 Å². The fourth-order valence-corrected chi connectivity index (χ4v) is 2.98. The third kappa shape index (κ3) is 3.05. The zero-order valence-electron chi connectivity index (χ0n) is 11.4. The smallest absolute Gasteiger partial charge is 0.0396 e. The first-order chi connectivity index (χ1) is 8.61. The van der Waals surface area contributed by atoms with Gasteiger partial charge in [0, 0.05) is 41.9 Å². The molecule has 0 aromatic heterocycles. The first kappa shape index (κ1) is 13.8. The van der Waals surface area contributed by atoms with E-state index in [4.69, 9.17) is 0 Å². The molecule has 1 heterocycles. The molecular weight excluding hydrogens is 290 g/mol. The number of anilines is 1. The van der Waals surface area contributed by atoms with Crippen LogP contribution in [0.25, 0.3) is 0 Å². The van der Waals surface area contributed by atoms with Crippen molar-refractivity contribution in [1.82, 2.24) is 10.2 Å². The third-order valence-electron chi connectivity index (χ3n) is 3.80. The van der Waals surface area contributed by atoms with E-state index in [0.717, 1.165) is 24.1 Å². The summed E-state index contributed by atoms with van der Waals surface area (Å²) in [4.78, 5) is 4.96. The second-order valence-corrected chi connectivity index (χ2v) is 6.03. The molecule has 1 aromatic rings. The standard InChI is InChI=1S/C14H22BrN3/c1-11-9-18(10-14(8-16-2)17(11)3)13-6-4-5-12(15)7-13/h4-7,11,14,16H,8-10H2,1-3H3.